The molecule has 1 aliphatic rings. The number of nitrogens with one attached hydrogen (secondary N) is 1. The molecule has 0 saturated carbocycles. The Hall–Kier alpha value is -2.14. The number of carbonyl (C=O) groups excluding carboxylic acids is 2. The molecule has 1 saturated heterocycles. The Bertz CT molecular complexity index is 655. The van der Waals surface area contributed by atoms with Crippen molar-refractivity contribution in [1.29, 1.82) is 0 Å². The first-order valence-electron chi connectivity index (χ1n) is 7.88. The molecule has 1 atom stereocenters. The Labute approximate surface area is 140 Å². The van der Waals surface area contributed by atoms with Crippen LogP contribution >= 0.6 is 11.3 Å². The minimum absolute atomic E-state index is 0.00447. The van der Waals surface area contributed by atoms with Crippen molar-refractivity contribution in [3.05, 3.63) is 52.7 Å². The first kappa shape index (κ1) is 15.7. The summed E-state index contributed by atoms with van der Waals surface area (Å²) in [6.45, 7) is 1.27. The van der Waals surface area contributed by atoms with E-state index in [0.29, 0.717) is 13.0 Å². The molecule has 1 fully saturated rings. The largest absolute Gasteiger partial charge is 0.342 e. The highest BCUT2D eigenvalue weighted by Gasteiger charge is 2.28. The van der Waals surface area contributed by atoms with Crippen molar-refractivity contribution in [2.75, 3.05) is 18.4 Å². The number of hydrogen-bond acceptors (Lipinski definition) is 3. The van der Waals surface area contributed by atoms with Crippen LogP contribution in [0.3, 0.4) is 0 Å². The van der Waals surface area contributed by atoms with E-state index in [1.54, 1.807) is 11.3 Å². The van der Waals surface area contributed by atoms with Crippen LogP contribution < -0.4 is 5.32 Å². The third-order valence-electron chi connectivity index (χ3n) is 4.09. The second kappa shape index (κ2) is 7.42. The first-order chi connectivity index (χ1) is 11.2. The molecule has 0 bridgehead atoms. The number of para-hydroxylation sites is 1. The number of thiophene rings is 1. The molecule has 0 aliphatic carbocycles. The maximum Gasteiger partial charge on any atom is 0.229 e. The Morgan fingerprint density at radius 2 is 2.00 bits per heavy atom. The summed E-state index contributed by atoms with van der Waals surface area (Å²) < 4.78 is 0. The molecule has 1 aromatic heterocycles. The molecule has 1 aliphatic heterocycles. The van der Waals surface area contributed by atoms with E-state index in [-0.39, 0.29) is 17.7 Å². The quantitative estimate of drug-likeness (QED) is 0.937. The zero-order chi connectivity index (χ0) is 16.1. The molecule has 120 valence electrons. The van der Waals surface area contributed by atoms with Gasteiger partial charge in [0.1, 0.15) is 0 Å². The van der Waals surface area contributed by atoms with Gasteiger partial charge in [-0.3, -0.25) is 9.59 Å². The molecule has 4 nitrogen and oxygen atoms in total. The summed E-state index contributed by atoms with van der Waals surface area (Å²) >= 11 is 1.60. The predicted molar refractivity (Wildman–Crippen MR) is 92.4 cm³/mol. The van der Waals surface area contributed by atoms with Gasteiger partial charge in [0.05, 0.1) is 12.3 Å². The summed E-state index contributed by atoms with van der Waals surface area (Å²) in [5.74, 6) is -0.00859. The van der Waals surface area contributed by atoms with Crippen molar-refractivity contribution >= 4 is 28.8 Å². The van der Waals surface area contributed by atoms with Gasteiger partial charge in [-0.05, 0) is 36.4 Å². The highest BCUT2D eigenvalue weighted by atomic mass is 32.1. The lowest BCUT2D eigenvalue weighted by atomic mass is 9.96. The molecular formula is C18H20N2O2S. The molecule has 2 aromatic rings. The molecule has 0 radical (unpaired) electrons. The minimum Gasteiger partial charge on any atom is -0.342 e. The number of nitrogens with zero attached hydrogens (tertiary/aromatic N) is 1. The fraction of sp³-hybridized carbons (Fsp3) is 0.333. The van der Waals surface area contributed by atoms with Crippen molar-refractivity contribution in [1.82, 2.24) is 4.90 Å². The number of benzene rings is 1. The molecule has 23 heavy (non-hydrogen) atoms. The van der Waals surface area contributed by atoms with E-state index in [9.17, 15) is 9.59 Å². The van der Waals surface area contributed by atoms with E-state index in [4.69, 9.17) is 0 Å². The average Bonchev–Trinajstić information content (AvgIpc) is 3.09. The van der Waals surface area contributed by atoms with Gasteiger partial charge in [0.25, 0.3) is 0 Å². The van der Waals surface area contributed by atoms with Gasteiger partial charge < -0.3 is 10.2 Å². The van der Waals surface area contributed by atoms with Crippen molar-refractivity contribution in [3.63, 3.8) is 0 Å². The summed E-state index contributed by atoms with van der Waals surface area (Å²) in [6, 6.07) is 13.4. The monoisotopic (exact) mass is 328 g/mol. The van der Waals surface area contributed by atoms with Crippen LogP contribution in [0.25, 0.3) is 0 Å². The standard InChI is InChI=1S/C18H20N2O2S/c21-17(12-16-9-5-11-23-16)20-10-4-6-14(13-20)18(22)19-15-7-2-1-3-8-15/h1-3,5,7-9,11,14H,4,6,10,12-13H2,(H,19,22)/t14-/m0/s1. The number of carbonyl (C=O) groups is 2. The van der Waals surface area contributed by atoms with Gasteiger partial charge in [0.2, 0.25) is 11.8 Å². The number of hydrogen-bond donors (Lipinski definition) is 1. The minimum atomic E-state index is -0.128. The SMILES string of the molecule is O=C(Nc1ccccc1)[C@H]1CCCN(C(=O)Cc2cccs2)C1. The maximum atomic E-state index is 12.4. The number of amides is 2. The zero-order valence-electron chi connectivity index (χ0n) is 12.9. The van der Waals surface area contributed by atoms with Gasteiger partial charge in [-0.25, -0.2) is 0 Å². The van der Waals surface area contributed by atoms with Gasteiger partial charge in [0.15, 0.2) is 0 Å². The Kier molecular flexibility index (Phi) is 5.08. The summed E-state index contributed by atoms with van der Waals surface area (Å²) in [5.41, 5.74) is 0.805. The summed E-state index contributed by atoms with van der Waals surface area (Å²) in [6.07, 6.45) is 2.15. The second-order valence-electron chi connectivity index (χ2n) is 5.79. The Morgan fingerprint density at radius 3 is 2.74 bits per heavy atom. The predicted octanol–water partition coefficient (Wildman–Crippen LogP) is 3.17. The first-order valence-corrected chi connectivity index (χ1v) is 8.76. The van der Waals surface area contributed by atoms with Crippen LogP contribution in [0.2, 0.25) is 0 Å². The van der Waals surface area contributed by atoms with Crippen molar-refractivity contribution in [3.8, 4) is 0 Å². The molecule has 3 rings (SSSR count). The van der Waals surface area contributed by atoms with Gasteiger partial charge in [-0.2, -0.15) is 0 Å². The molecule has 1 N–H and O–H groups in total. The van der Waals surface area contributed by atoms with Crippen molar-refractivity contribution in [2.24, 2.45) is 5.92 Å². The normalized spacial score (nSPS) is 17.7. The molecule has 5 heteroatoms. The number of rotatable bonds is 4. The molecular weight excluding hydrogens is 308 g/mol. The number of piperidine rings is 1. The van der Waals surface area contributed by atoms with Gasteiger partial charge in [-0.15, -0.1) is 11.3 Å². The lowest BCUT2D eigenvalue weighted by Crippen LogP contribution is -2.44. The second-order valence-corrected chi connectivity index (χ2v) is 6.82. The van der Waals surface area contributed by atoms with Crippen LogP contribution in [0.1, 0.15) is 17.7 Å². The van der Waals surface area contributed by atoms with Gasteiger partial charge in [-0.1, -0.05) is 24.3 Å². The van der Waals surface area contributed by atoms with Crippen molar-refractivity contribution in [2.45, 2.75) is 19.3 Å². The lowest BCUT2D eigenvalue weighted by molar-refractivity contribution is -0.133. The molecule has 1 aromatic carbocycles. The fourth-order valence-corrected chi connectivity index (χ4v) is 3.55. The Morgan fingerprint density at radius 1 is 1.17 bits per heavy atom. The van der Waals surface area contributed by atoms with Crippen LogP contribution in [-0.2, 0) is 16.0 Å². The summed E-state index contributed by atoms with van der Waals surface area (Å²) in [7, 11) is 0. The summed E-state index contributed by atoms with van der Waals surface area (Å²) in [5, 5.41) is 4.92. The zero-order valence-corrected chi connectivity index (χ0v) is 13.7. The van der Waals surface area contributed by atoms with E-state index in [1.807, 2.05) is 52.7 Å². The van der Waals surface area contributed by atoms with Gasteiger partial charge in [0, 0.05) is 23.7 Å². The topological polar surface area (TPSA) is 49.4 Å². The fourth-order valence-electron chi connectivity index (χ4n) is 2.86. The third-order valence-corrected chi connectivity index (χ3v) is 4.97. The van der Waals surface area contributed by atoms with Crippen LogP contribution in [0.15, 0.2) is 47.8 Å². The summed E-state index contributed by atoms with van der Waals surface area (Å²) in [4.78, 5) is 27.7. The van der Waals surface area contributed by atoms with Crippen LogP contribution in [0.4, 0.5) is 5.69 Å². The van der Waals surface area contributed by atoms with Crippen LogP contribution in [0.5, 0.6) is 0 Å². The highest BCUT2D eigenvalue weighted by Crippen LogP contribution is 2.20. The van der Waals surface area contributed by atoms with Gasteiger partial charge >= 0.3 is 0 Å². The molecule has 0 spiro atoms. The van der Waals surface area contributed by atoms with E-state index in [1.165, 1.54) is 0 Å². The van der Waals surface area contributed by atoms with Crippen LogP contribution in [0, 0.1) is 5.92 Å². The maximum absolute atomic E-state index is 12.4. The molecule has 2 heterocycles. The van der Waals surface area contributed by atoms with Crippen molar-refractivity contribution < 1.29 is 9.59 Å². The van der Waals surface area contributed by atoms with E-state index < -0.39 is 0 Å². The van der Waals surface area contributed by atoms with E-state index in [0.717, 1.165) is 30.0 Å². The lowest BCUT2D eigenvalue weighted by Gasteiger charge is -2.32. The number of likely N-dealkylation sites (tertiary alicyclic amines) is 1. The van der Waals surface area contributed by atoms with Crippen LogP contribution in [-0.4, -0.2) is 29.8 Å². The average molecular weight is 328 g/mol. The Balaban J connectivity index is 1.57. The van der Waals surface area contributed by atoms with E-state index in [2.05, 4.69) is 5.32 Å². The molecule has 0 unspecified atom stereocenters. The van der Waals surface area contributed by atoms with E-state index >= 15 is 0 Å². The third kappa shape index (κ3) is 4.20. The molecule has 2 amide bonds. The smallest absolute Gasteiger partial charge is 0.229 e. The highest BCUT2D eigenvalue weighted by molar-refractivity contribution is 7.10. The number of anilines is 1.